The minimum absolute atomic E-state index is 0.0200. The zero-order valence-corrected chi connectivity index (χ0v) is 12.9. The number of benzene rings is 2. The number of carbonyl (C=O) groups excluding carboxylic acids is 3. The van der Waals surface area contributed by atoms with Crippen LogP contribution in [-0.2, 0) is 4.79 Å². The Hall–Kier alpha value is -2.93. The fraction of sp³-hybridized carbons (Fsp3) is 0. The summed E-state index contributed by atoms with van der Waals surface area (Å²) in [4.78, 5) is 36.3. The fourth-order valence-corrected chi connectivity index (χ4v) is 2.99. The Morgan fingerprint density at radius 1 is 1.04 bits per heavy atom. The van der Waals surface area contributed by atoms with Crippen LogP contribution in [0.1, 0.15) is 15.9 Å². The highest BCUT2D eigenvalue weighted by Crippen LogP contribution is 2.35. The number of imide groups is 1. The molecule has 2 aromatic rings. The summed E-state index contributed by atoms with van der Waals surface area (Å²) in [6.45, 7) is 0. The summed E-state index contributed by atoms with van der Waals surface area (Å²) in [7, 11) is 0. The molecule has 0 unspecified atom stereocenters. The van der Waals surface area contributed by atoms with Crippen molar-refractivity contribution in [1.29, 1.82) is 0 Å². The maximum Gasteiger partial charge on any atom is 0.298 e. The first-order valence-electron chi connectivity index (χ1n) is 6.80. The minimum Gasteiger partial charge on any atom is -0.545 e. The minimum atomic E-state index is -1.29. The molecule has 0 bridgehead atoms. The monoisotopic (exact) mass is 342 g/mol. The Labute approximate surface area is 140 Å². The molecule has 24 heavy (non-hydrogen) atoms. The lowest BCUT2D eigenvalue weighted by Crippen LogP contribution is -2.27. The zero-order valence-electron chi connectivity index (χ0n) is 12.1. The molecule has 7 heteroatoms. The number of carboxylic acid groups (broad SMARTS) is 1. The van der Waals surface area contributed by atoms with Gasteiger partial charge in [-0.15, -0.1) is 0 Å². The standard InChI is InChI=1S/C17H10FNO4S/c18-12-5-7-13(8-6-12)19-15(20)14(24-17(19)23)9-10-1-3-11(4-2-10)16(21)22/h1-9H,(H,21,22)/p-1/b14-9-. The van der Waals surface area contributed by atoms with Crippen LogP contribution in [0.15, 0.2) is 53.4 Å². The van der Waals surface area contributed by atoms with Crippen LogP contribution in [0, 0.1) is 5.82 Å². The van der Waals surface area contributed by atoms with Crippen LogP contribution in [-0.4, -0.2) is 17.1 Å². The van der Waals surface area contributed by atoms with Gasteiger partial charge in [0, 0.05) is 0 Å². The number of nitrogens with zero attached hydrogens (tertiary/aromatic N) is 1. The van der Waals surface area contributed by atoms with Crippen LogP contribution in [0.4, 0.5) is 14.9 Å². The molecule has 0 radical (unpaired) electrons. The van der Waals surface area contributed by atoms with E-state index in [2.05, 4.69) is 0 Å². The second kappa shape index (κ2) is 6.29. The third kappa shape index (κ3) is 3.07. The van der Waals surface area contributed by atoms with E-state index < -0.39 is 22.9 Å². The van der Waals surface area contributed by atoms with Crippen molar-refractivity contribution in [1.82, 2.24) is 0 Å². The number of anilines is 1. The van der Waals surface area contributed by atoms with E-state index in [-0.39, 0.29) is 16.2 Å². The van der Waals surface area contributed by atoms with Gasteiger partial charge in [-0.05, 0) is 53.2 Å². The Bertz CT molecular complexity index is 859. The van der Waals surface area contributed by atoms with Gasteiger partial charge < -0.3 is 9.90 Å². The second-order valence-electron chi connectivity index (χ2n) is 4.90. The smallest absolute Gasteiger partial charge is 0.298 e. The number of hydrogen-bond donors (Lipinski definition) is 0. The largest absolute Gasteiger partial charge is 0.545 e. The molecule has 1 saturated heterocycles. The molecule has 0 aromatic heterocycles. The van der Waals surface area contributed by atoms with Crippen molar-refractivity contribution >= 4 is 40.6 Å². The number of halogens is 1. The average molecular weight is 342 g/mol. The number of rotatable bonds is 3. The van der Waals surface area contributed by atoms with Crippen molar-refractivity contribution < 1.29 is 23.9 Å². The molecule has 120 valence electrons. The van der Waals surface area contributed by atoms with Crippen LogP contribution in [0.2, 0.25) is 0 Å². The van der Waals surface area contributed by atoms with Gasteiger partial charge in [0.25, 0.3) is 11.1 Å². The summed E-state index contributed by atoms with van der Waals surface area (Å²) in [5.41, 5.74) is 0.880. The highest BCUT2D eigenvalue weighted by Gasteiger charge is 2.36. The van der Waals surface area contributed by atoms with E-state index in [0.29, 0.717) is 5.56 Å². The van der Waals surface area contributed by atoms with Gasteiger partial charge in [-0.25, -0.2) is 9.29 Å². The van der Waals surface area contributed by atoms with E-state index in [4.69, 9.17) is 0 Å². The Morgan fingerprint density at radius 3 is 2.25 bits per heavy atom. The molecular weight excluding hydrogens is 333 g/mol. The Morgan fingerprint density at radius 2 is 1.67 bits per heavy atom. The van der Waals surface area contributed by atoms with Gasteiger partial charge in [-0.3, -0.25) is 9.59 Å². The molecule has 0 atom stereocenters. The molecule has 0 spiro atoms. The number of thioether (sulfide) groups is 1. The Kier molecular flexibility index (Phi) is 4.18. The topological polar surface area (TPSA) is 77.5 Å². The molecule has 1 aliphatic rings. The van der Waals surface area contributed by atoms with Crippen LogP contribution < -0.4 is 10.0 Å². The Balaban J connectivity index is 1.87. The summed E-state index contributed by atoms with van der Waals surface area (Å²) < 4.78 is 13.0. The van der Waals surface area contributed by atoms with E-state index >= 15 is 0 Å². The van der Waals surface area contributed by atoms with E-state index in [0.717, 1.165) is 16.7 Å². The number of amides is 2. The van der Waals surface area contributed by atoms with Crippen molar-refractivity contribution in [3.63, 3.8) is 0 Å². The first-order chi connectivity index (χ1) is 11.5. The van der Waals surface area contributed by atoms with Crippen molar-refractivity contribution in [3.8, 4) is 0 Å². The van der Waals surface area contributed by atoms with E-state index in [1.807, 2.05) is 0 Å². The first-order valence-corrected chi connectivity index (χ1v) is 7.62. The van der Waals surface area contributed by atoms with Gasteiger partial charge in [0.15, 0.2) is 0 Å². The normalized spacial score (nSPS) is 16.0. The van der Waals surface area contributed by atoms with Crippen molar-refractivity contribution in [2.75, 3.05) is 4.90 Å². The molecule has 1 aliphatic heterocycles. The first kappa shape index (κ1) is 15.9. The van der Waals surface area contributed by atoms with Crippen LogP contribution >= 0.6 is 11.8 Å². The predicted molar refractivity (Wildman–Crippen MR) is 85.6 cm³/mol. The third-order valence-electron chi connectivity index (χ3n) is 3.32. The number of hydrogen-bond acceptors (Lipinski definition) is 5. The summed E-state index contributed by atoms with van der Waals surface area (Å²) in [6.07, 6.45) is 1.49. The quantitative estimate of drug-likeness (QED) is 0.801. The van der Waals surface area contributed by atoms with Crippen molar-refractivity contribution in [2.24, 2.45) is 0 Å². The number of carboxylic acids is 1. The lowest BCUT2D eigenvalue weighted by molar-refractivity contribution is -0.255. The molecule has 0 N–H and O–H groups in total. The molecule has 0 saturated carbocycles. The summed E-state index contributed by atoms with van der Waals surface area (Å²) in [5.74, 6) is -2.27. The van der Waals surface area contributed by atoms with E-state index in [9.17, 15) is 23.9 Å². The highest BCUT2D eigenvalue weighted by molar-refractivity contribution is 8.19. The van der Waals surface area contributed by atoms with Crippen molar-refractivity contribution in [3.05, 3.63) is 70.4 Å². The van der Waals surface area contributed by atoms with Gasteiger partial charge in [-0.1, -0.05) is 24.3 Å². The number of carbonyl (C=O) groups is 3. The average Bonchev–Trinajstić information content (AvgIpc) is 2.83. The number of aromatic carboxylic acids is 1. The highest BCUT2D eigenvalue weighted by atomic mass is 32.2. The predicted octanol–water partition coefficient (Wildman–Crippen LogP) is 2.43. The lowest BCUT2D eigenvalue weighted by Gasteiger charge is -2.11. The van der Waals surface area contributed by atoms with Gasteiger partial charge >= 0.3 is 0 Å². The maximum atomic E-state index is 13.0. The lowest BCUT2D eigenvalue weighted by atomic mass is 10.1. The van der Waals surface area contributed by atoms with Crippen LogP contribution in [0.3, 0.4) is 0 Å². The molecule has 2 aromatic carbocycles. The maximum absolute atomic E-state index is 13.0. The zero-order chi connectivity index (χ0) is 17.3. The van der Waals surface area contributed by atoms with E-state index in [1.165, 1.54) is 54.6 Å². The van der Waals surface area contributed by atoms with Gasteiger partial charge in [-0.2, -0.15) is 0 Å². The SMILES string of the molecule is O=C([O-])c1ccc(/C=C2\SC(=O)N(c3ccc(F)cc3)C2=O)cc1. The molecule has 1 fully saturated rings. The van der Waals surface area contributed by atoms with Crippen LogP contribution in [0.5, 0.6) is 0 Å². The van der Waals surface area contributed by atoms with Gasteiger partial charge in [0.2, 0.25) is 0 Å². The van der Waals surface area contributed by atoms with Gasteiger partial charge in [0.05, 0.1) is 16.6 Å². The third-order valence-corrected chi connectivity index (χ3v) is 4.19. The summed E-state index contributed by atoms with van der Waals surface area (Å²) in [6, 6.07) is 10.8. The second-order valence-corrected chi connectivity index (χ2v) is 5.90. The van der Waals surface area contributed by atoms with Gasteiger partial charge in [0.1, 0.15) is 5.82 Å². The summed E-state index contributed by atoms with van der Waals surface area (Å²) in [5, 5.41) is 10.2. The molecule has 5 nitrogen and oxygen atoms in total. The fourth-order valence-electron chi connectivity index (χ4n) is 2.15. The molecule has 0 aliphatic carbocycles. The summed E-state index contributed by atoms with van der Waals surface area (Å²) >= 11 is 0.762. The molecular formula is C17H9FNO4S-. The van der Waals surface area contributed by atoms with Crippen molar-refractivity contribution in [2.45, 2.75) is 0 Å². The molecule has 3 rings (SSSR count). The molecule has 1 heterocycles. The molecule has 2 amide bonds. The van der Waals surface area contributed by atoms with Crippen LogP contribution in [0.25, 0.3) is 6.08 Å². The van der Waals surface area contributed by atoms with E-state index in [1.54, 1.807) is 0 Å².